The average Bonchev–Trinajstić information content (AvgIpc) is 3.39. The lowest BCUT2D eigenvalue weighted by Gasteiger charge is -2.25. The van der Waals surface area contributed by atoms with E-state index in [-0.39, 0.29) is 5.92 Å². The van der Waals surface area contributed by atoms with Crippen molar-refractivity contribution in [1.29, 1.82) is 0 Å². The number of aryl methyl sites for hydroxylation is 1. The van der Waals surface area contributed by atoms with E-state index in [2.05, 4.69) is 0 Å². The second-order valence-corrected chi connectivity index (χ2v) is 10.5. The van der Waals surface area contributed by atoms with Crippen molar-refractivity contribution >= 4 is 18.4 Å². The standard InChI is InChI=1S/C18H21O4PS/c1-14-9-11-16(12-10-14)24(20)18(23(19,21-2)22-3)13-17(18)15-7-5-4-6-8-15/h4-12,17H,13H2,1-3H3/t17-,18-,24?/m0/s1. The third-order valence-corrected chi connectivity index (χ3v) is 9.93. The fraction of sp³-hybridized carbons (Fsp3) is 0.333. The van der Waals surface area contributed by atoms with Crippen molar-refractivity contribution in [1.82, 2.24) is 0 Å². The highest BCUT2D eigenvalue weighted by atomic mass is 32.2. The summed E-state index contributed by atoms with van der Waals surface area (Å²) >= 11 is 0. The molecule has 0 saturated heterocycles. The van der Waals surface area contributed by atoms with Crippen molar-refractivity contribution < 1.29 is 17.8 Å². The van der Waals surface area contributed by atoms with Crippen molar-refractivity contribution in [3.63, 3.8) is 0 Å². The Kier molecular flexibility index (Phi) is 4.80. The van der Waals surface area contributed by atoms with Gasteiger partial charge < -0.3 is 9.05 Å². The van der Waals surface area contributed by atoms with Crippen LogP contribution in [-0.2, 0) is 24.4 Å². The van der Waals surface area contributed by atoms with Gasteiger partial charge in [-0.15, -0.1) is 0 Å². The lowest BCUT2D eigenvalue weighted by molar-refractivity contribution is 0.270. The quantitative estimate of drug-likeness (QED) is 0.710. The summed E-state index contributed by atoms with van der Waals surface area (Å²) in [5, 5.41) is 0. The van der Waals surface area contributed by atoms with Crippen LogP contribution in [0.4, 0.5) is 0 Å². The molecule has 1 aliphatic carbocycles. The van der Waals surface area contributed by atoms with Crippen LogP contribution in [0.5, 0.6) is 0 Å². The van der Waals surface area contributed by atoms with Crippen LogP contribution in [0.15, 0.2) is 59.5 Å². The zero-order valence-corrected chi connectivity index (χ0v) is 15.7. The Bertz CT molecular complexity index is 782. The molecule has 0 radical (unpaired) electrons. The van der Waals surface area contributed by atoms with Gasteiger partial charge in [-0.3, -0.25) is 8.77 Å². The summed E-state index contributed by atoms with van der Waals surface area (Å²) in [6, 6.07) is 17.2. The molecule has 0 aliphatic heterocycles. The van der Waals surface area contributed by atoms with Crippen LogP contribution in [0.1, 0.15) is 23.5 Å². The first-order valence-corrected chi connectivity index (χ1v) is 10.4. The first-order chi connectivity index (χ1) is 11.5. The Hall–Kier alpha value is -1.26. The minimum Gasteiger partial charge on any atom is -0.311 e. The number of hydrogen-bond acceptors (Lipinski definition) is 4. The van der Waals surface area contributed by atoms with E-state index in [0.717, 1.165) is 11.1 Å². The van der Waals surface area contributed by atoms with E-state index in [0.29, 0.717) is 11.3 Å². The van der Waals surface area contributed by atoms with Gasteiger partial charge in [-0.05, 0) is 31.0 Å². The molecule has 0 amide bonds. The van der Waals surface area contributed by atoms with Crippen molar-refractivity contribution in [2.75, 3.05) is 14.2 Å². The topological polar surface area (TPSA) is 52.6 Å². The molecule has 1 fully saturated rings. The first-order valence-electron chi connectivity index (χ1n) is 7.73. The van der Waals surface area contributed by atoms with Gasteiger partial charge >= 0.3 is 7.60 Å². The highest BCUT2D eigenvalue weighted by molar-refractivity contribution is 7.95. The first kappa shape index (κ1) is 17.6. The van der Waals surface area contributed by atoms with Crippen LogP contribution in [0.3, 0.4) is 0 Å². The second-order valence-electron chi connectivity index (χ2n) is 5.96. The molecule has 0 bridgehead atoms. The number of hydrogen-bond donors (Lipinski definition) is 0. The molecule has 0 N–H and O–H groups in total. The minimum absolute atomic E-state index is 0.119. The molecule has 1 aliphatic rings. The highest BCUT2D eigenvalue weighted by Crippen LogP contribution is 2.78. The average molecular weight is 364 g/mol. The third-order valence-electron chi connectivity index (χ3n) is 4.58. The fourth-order valence-corrected chi connectivity index (χ4v) is 7.94. The molecule has 0 aromatic heterocycles. The summed E-state index contributed by atoms with van der Waals surface area (Å²) < 4.78 is 36.1. The molecular weight excluding hydrogens is 343 g/mol. The molecule has 4 nitrogen and oxygen atoms in total. The van der Waals surface area contributed by atoms with Gasteiger partial charge in [-0.1, -0.05) is 48.0 Å². The molecule has 0 heterocycles. The molecule has 6 heteroatoms. The molecule has 1 saturated carbocycles. The third kappa shape index (κ3) is 2.70. The van der Waals surface area contributed by atoms with E-state index in [1.807, 2.05) is 61.5 Å². The largest absolute Gasteiger partial charge is 0.349 e. The van der Waals surface area contributed by atoms with E-state index < -0.39 is 22.9 Å². The zero-order valence-electron chi connectivity index (χ0n) is 14.0. The van der Waals surface area contributed by atoms with Gasteiger partial charge in [0.15, 0.2) is 4.49 Å². The maximum Gasteiger partial charge on any atom is 0.349 e. The van der Waals surface area contributed by atoms with Gasteiger partial charge in [0.25, 0.3) is 0 Å². The zero-order chi connectivity index (χ0) is 17.4. The van der Waals surface area contributed by atoms with Gasteiger partial charge in [0.2, 0.25) is 0 Å². The van der Waals surface area contributed by atoms with Crippen LogP contribution >= 0.6 is 7.60 Å². The van der Waals surface area contributed by atoms with Gasteiger partial charge in [-0.25, -0.2) is 0 Å². The van der Waals surface area contributed by atoms with E-state index in [9.17, 15) is 8.77 Å². The molecule has 2 aromatic rings. The van der Waals surface area contributed by atoms with Crippen LogP contribution in [0.25, 0.3) is 0 Å². The summed E-state index contributed by atoms with van der Waals surface area (Å²) in [5.74, 6) is -0.119. The van der Waals surface area contributed by atoms with Gasteiger partial charge in [0.05, 0.1) is 10.8 Å². The van der Waals surface area contributed by atoms with E-state index >= 15 is 0 Å². The van der Waals surface area contributed by atoms with Crippen molar-refractivity contribution in [3.8, 4) is 0 Å². The summed E-state index contributed by atoms with van der Waals surface area (Å²) in [6.45, 7) is 1.97. The summed E-state index contributed by atoms with van der Waals surface area (Å²) in [4.78, 5) is 0.647. The van der Waals surface area contributed by atoms with Crippen molar-refractivity contribution in [3.05, 3.63) is 65.7 Å². The molecule has 1 unspecified atom stereocenters. The van der Waals surface area contributed by atoms with Crippen LogP contribution in [0, 0.1) is 6.92 Å². The Morgan fingerprint density at radius 3 is 2.17 bits per heavy atom. The van der Waals surface area contributed by atoms with E-state index in [1.54, 1.807) is 0 Å². The van der Waals surface area contributed by atoms with Crippen molar-refractivity contribution in [2.24, 2.45) is 0 Å². The second kappa shape index (κ2) is 6.57. The predicted molar refractivity (Wildman–Crippen MR) is 95.7 cm³/mol. The summed E-state index contributed by atoms with van der Waals surface area (Å²) in [6.07, 6.45) is 0.510. The Morgan fingerprint density at radius 2 is 1.62 bits per heavy atom. The van der Waals surface area contributed by atoms with E-state index in [4.69, 9.17) is 9.05 Å². The van der Waals surface area contributed by atoms with Gasteiger partial charge in [-0.2, -0.15) is 0 Å². The molecule has 128 valence electrons. The number of rotatable bonds is 6. The molecular formula is C18H21O4PS. The Morgan fingerprint density at radius 1 is 1.04 bits per heavy atom. The highest BCUT2D eigenvalue weighted by Gasteiger charge is 2.72. The minimum atomic E-state index is -3.53. The van der Waals surface area contributed by atoms with Crippen LogP contribution in [0.2, 0.25) is 0 Å². The smallest absolute Gasteiger partial charge is 0.311 e. The molecule has 0 spiro atoms. The lowest BCUT2D eigenvalue weighted by Crippen LogP contribution is -2.22. The van der Waals surface area contributed by atoms with Gasteiger partial charge in [0.1, 0.15) is 0 Å². The maximum atomic E-state index is 13.4. The van der Waals surface area contributed by atoms with E-state index in [1.165, 1.54) is 14.2 Å². The molecule has 3 atom stereocenters. The lowest BCUT2D eigenvalue weighted by atomic mass is 10.1. The fourth-order valence-electron chi connectivity index (χ4n) is 3.16. The van der Waals surface area contributed by atoms with Gasteiger partial charge in [0, 0.05) is 25.0 Å². The molecule has 2 aromatic carbocycles. The Balaban J connectivity index is 2.06. The maximum absolute atomic E-state index is 13.4. The summed E-state index contributed by atoms with van der Waals surface area (Å²) in [7, 11) is -2.31. The Labute approximate surface area is 145 Å². The van der Waals surface area contributed by atoms with Crippen LogP contribution < -0.4 is 0 Å². The van der Waals surface area contributed by atoms with Crippen molar-refractivity contribution in [2.45, 2.75) is 28.6 Å². The summed E-state index contributed by atoms with van der Waals surface area (Å²) in [5.41, 5.74) is 2.09. The SMILES string of the molecule is COP(=O)(OC)[C@]1(S(=O)c2ccc(C)cc2)C[C@H]1c1ccccc1. The molecule has 24 heavy (non-hydrogen) atoms. The predicted octanol–water partition coefficient (Wildman–Crippen LogP) is 4.47. The van der Waals surface area contributed by atoms with Crippen LogP contribution in [-0.4, -0.2) is 22.9 Å². The monoisotopic (exact) mass is 364 g/mol. The number of benzene rings is 2. The molecule has 3 rings (SSSR count). The normalized spacial score (nSPS) is 24.5.